The van der Waals surface area contributed by atoms with Crippen LogP contribution in [0, 0.1) is 32.0 Å². The lowest BCUT2D eigenvalue weighted by Crippen LogP contribution is -2.49. The number of H-pyrrole nitrogens is 1. The smallest absolute Gasteiger partial charge is 0.310 e. The van der Waals surface area contributed by atoms with Gasteiger partial charge >= 0.3 is 5.97 Å². The zero-order chi connectivity index (χ0) is 23.8. The summed E-state index contributed by atoms with van der Waals surface area (Å²) in [7, 11) is 0. The molecule has 1 saturated heterocycles. The molecule has 3 aromatic rings. The van der Waals surface area contributed by atoms with Gasteiger partial charge < -0.3 is 10.4 Å². The number of aromatic nitrogens is 3. The lowest BCUT2D eigenvalue weighted by molar-refractivity contribution is -0.153. The number of anilines is 2. The number of aryl methyl sites for hydroxylation is 3. The molecule has 3 aromatic heterocycles. The molecule has 0 spiro atoms. The van der Waals surface area contributed by atoms with Crippen molar-refractivity contribution in [2.24, 2.45) is 5.41 Å². The molecule has 4 heterocycles. The Labute approximate surface area is 197 Å². The maximum absolute atomic E-state index is 14.7. The van der Waals surface area contributed by atoms with Crippen molar-refractivity contribution in [1.82, 2.24) is 20.1 Å². The number of thiophene rings is 1. The molecule has 1 aliphatic heterocycles. The third-order valence-corrected chi connectivity index (χ3v) is 7.74. The highest BCUT2D eigenvalue weighted by molar-refractivity contribution is 7.12. The van der Waals surface area contributed by atoms with E-state index in [1.807, 2.05) is 13.0 Å². The van der Waals surface area contributed by atoms with Crippen molar-refractivity contribution >= 4 is 28.9 Å². The van der Waals surface area contributed by atoms with Gasteiger partial charge in [0.25, 0.3) is 0 Å². The summed E-state index contributed by atoms with van der Waals surface area (Å²) in [5.41, 5.74) is 1.30. The first kappa shape index (κ1) is 23.4. The fourth-order valence-electron chi connectivity index (χ4n) is 4.58. The molecule has 0 aliphatic carbocycles. The average Bonchev–Trinajstić information content (AvgIpc) is 3.30. The van der Waals surface area contributed by atoms with Crippen LogP contribution >= 0.6 is 11.3 Å². The summed E-state index contributed by atoms with van der Waals surface area (Å²) in [4.78, 5) is 21.8. The fourth-order valence-corrected chi connectivity index (χ4v) is 5.66. The Hall–Kier alpha value is -2.78. The number of halogens is 1. The van der Waals surface area contributed by atoms with Gasteiger partial charge in [-0.15, -0.1) is 11.3 Å². The highest BCUT2D eigenvalue weighted by Crippen LogP contribution is 2.40. The Morgan fingerprint density at radius 1 is 1.33 bits per heavy atom. The number of hydrogen-bond acceptors (Lipinski definition) is 6. The van der Waals surface area contributed by atoms with Crippen LogP contribution in [0.3, 0.4) is 0 Å². The summed E-state index contributed by atoms with van der Waals surface area (Å²) in [5.74, 6) is -0.364. The van der Waals surface area contributed by atoms with Crippen molar-refractivity contribution in [1.29, 1.82) is 0 Å². The molecule has 0 bridgehead atoms. The third-order valence-electron chi connectivity index (χ3n) is 6.60. The number of nitrogens with one attached hydrogen (secondary N) is 2. The SMILES string of the molecule is Cc1cc(Nc2ccc(F)c(C[C@@]3(C(=O)O)CCN(Cc4cc(C)c(C)s4)[C@H](C)C3)n2)n[nH]1. The van der Waals surface area contributed by atoms with Gasteiger partial charge in [-0.05, 0) is 70.8 Å². The van der Waals surface area contributed by atoms with E-state index in [0.717, 1.165) is 12.2 Å². The Balaban J connectivity index is 1.50. The normalized spacial score (nSPS) is 21.3. The van der Waals surface area contributed by atoms with Crippen LogP contribution in [0.1, 0.15) is 46.5 Å². The first-order valence-electron chi connectivity index (χ1n) is 11.1. The van der Waals surface area contributed by atoms with Gasteiger partial charge in [-0.2, -0.15) is 5.10 Å². The van der Waals surface area contributed by atoms with Crippen molar-refractivity contribution in [2.75, 3.05) is 11.9 Å². The minimum absolute atomic E-state index is 0.0542. The molecule has 176 valence electrons. The Kier molecular flexibility index (Phi) is 6.54. The second-order valence-electron chi connectivity index (χ2n) is 9.17. The molecular weight excluding hydrogens is 441 g/mol. The van der Waals surface area contributed by atoms with E-state index in [9.17, 15) is 14.3 Å². The Morgan fingerprint density at radius 3 is 2.73 bits per heavy atom. The van der Waals surface area contributed by atoms with E-state index in [4.69, 9.17) is 0 Å². The van der Waals surface area contributed by atoms with Crippen LogP contribution in [0.25, 0.3) is 0 Å². The number of pyridine rings is 1. The standard InChI is InChI=1S/C24H30FN5O2S/c1-14-9-18(33-17(14)4)13-30-8-7-24(23(31)32,11-16(30)3)12-20-19(25)5-6-21(26-20)27-22-10-15(2)28-29-22/h5-6,9-10,16H,7-8,11-13H2,1-4H3,(H,31,32)(H2,26,27,28,29)/t16-,24-/m1/s1. The van der Waals surface area contributed by atoms with Gasteiger partial charge in [0.05, 0.1) is 11.1 Å². The number of carboxylic acid groups (broad SMARTS) is 1. The maximum atomic E-state index is 14.7. The Bertz CT molecular complexity index is 1140. The topological polar surface area (TPSA) is 94.1 Å². The number of hydrogen-bond donors (Lipinski definition) is 3. The molecule has 0 saturated carbocycles. The molecule has 0 unspecified atom stereocenters. The summed E-state index contributed by atoms with van der Waals surface area (Å²) in [6.45, 7) is 9.64. The second-order valence-corrected chi connectivity index (χ2v) is 10.5. The van der Waals surface area contributed by atoms with E-state index in [-0.39, 0.29) is 18.2 Å². The highest BCUT2D eigenvalue weighted by atomic mass is 32.1. The van der Waals surface area contributed by atoms with Gasteiger partial charge in [0.1, 0.15) is 11.6 Å². The molecular formula is C24H30FN5O2S. The molecule has 1 fully saturated rings. The minimum atomic E-state index is -1.05. The molecule has 33 heavy (non-hydrogen) atoms. The van der Waals surface area contributed by atoms with Crippen molar-refractivity contribution in [3.63, 3.8) is 0 Å². The summed E-state index contributed by atoms with van der Waals surface area (Å²) >= 11 is 1.79. The zero-order valence-electron chi connectivity index (χ0n) is 19.4. The molecule has 4 rings (SSSR count). The molecule has 2 atom stereocenters. The largest absolute Gasteiger partial charge is 0.481 e. The minimum Gasteiger partial charge on any atom is -0.481 e. The number of carboxylic acids is 1. The van der Waals surface area contributed by atoms with Gasteiger partial charge in [-0.25, -0.2) is 9.37 Å². The summed E-state index contributed by atoms with van der Waals surface area (Å²) in [6.07, 6.45) is 0.953. The first-order valence-corrected chi connectivity index (χ1v) is 11.9. The molecule has 1 aliphatic rings. The molecule has 9 heteroatoms. The Morgan fingerprint density at radius 2 is 2.12 bits per heavy atom. The number of aromatic amines is 1. The van der Waals surface area contributed by atoms with Crippen molar-refractivity contribution in [2.45, 2.75) is 59.5 Å². The van der Waals surface area contributed by atoms with Crippen LogP contribution in [-0.4, -0.2) is 43.7 Å². The molecule has 3 N–H and O–H groups in total. The van der Waals surface area contributed by atoms with E-state index < -0.39 is 17.2 Å². The molecule has 0 amide bonds. The summed E-state index contributed by atoms with van der Waals surface area (Å²) in [6, 6.07) is 6.96. The van der Waals surface area contributed by atoms with E-state index in [2.05, 4.69) is 52.2 Å². The number of carbonyl (C=O) groups is 1. The van der Waals surface area contributed by atoms with E-state index in [1.165, 1.54) is 27.5 Å². The van der Waals surface area contributed by atoms with Crippen LogP contribution in [0.4, 0.5) is 16.0 Å². The second kappa shape index (κ2) is 9.23. The monoisotopic (exact) mass is 471 g/mol. The predicted molar refractivity (Wildman–Crippen MR) is 127 cm³/mol. The summed E-state index contributed by atoms with van der Waals surface area (Å²) < 4.78 is 14.7. The number of likely N-dealkylation sites (tertiary alicyclic amines) is 1. The zero-order valence-corrected chi connectivity index (χ0v) is 20.2. The lowest BCUT2D eigenvalue weighted by Gasteiger charge is -2.43. The average molecular weight is 472 g/mol. The van der Waals surface area contributed by atoms with Gasteiger partial charge in [0, 0.05) is 40.5 Å². The van der Waals surface area contributed by atoms with E-state index in [1.54, 1.807) is 11.3 Å². The van der Waals surface area contributed by atoms with Gasteiger partial charge in [-0.3, -0.25) is 14.8 Å². The number of rotatable bonds is 7. The molecule has 0 aromatic carbocycles. The van der Waals surface area contributed by atoms with Crippen LogP contribution in [0.15, 0.2) is 24.3 Å². The van der Waals surface area contributed by atoms with Crippen molar-refractivity contribution in [3.8, 4) is 0 Å². The molecule has 0 radical (unpaired) electrons. The van der Waals surface area contributed by atoms with E-state index >= 15 is 0 Å². The van der Waals surface area contributed by atoms with Crippen molar-refractivity contribution < 1.29 is 14.3 Å². The molecule has 7 nitrogen and oxygen atoms in total. The van der Waals surface area contributed by atoms with Crippen LogP contribution in [-0.2, 0) is 17.8 Å². The predicted octanol–water partition coefficient (Wildman–Crippen LogP) is 4.97. The maximum Gasteiger partial charge on any atom is 0.310 e. The number of nitrogens with zero attached hydrogens (tertiary/aromatic N) is 3. The van der Waals surface area contributed by atoms with Crippen LogP contribution < -0.4 is 5.32 Å². The third kappa shape index (κ3) is 5.09. The van der Waals surface area contributed by atoms with Crippen molar-refractivity contribution in [3.05, 3.63) is 56.8 Å². The van der Waals surface area contributed by atoms with Gasteiger partial charge in [0.15, 0.2) is 5.82 Å². The fraction of sp³-hybridized carbons (Fsp3) is 0.458. The number of aliphatic carboxylic acids is 1. The van der Waals surface area contributed by atoms with Gasteiger partial charge in [-0.1, -0.05) is 0 Å². The van der Waals surface area contributed by atoms with E-state index in [0.29, 0.717) is 31.0 Å². The van der Waals surface area contributed by atoms with Gasteiger partial charge in [0.2, 0.25) is 0 Å². The van der Waals surface area contributed by atoms with Crippen LogP contribution in [0.5, 0.6) is 0 Å². The quantitative estimate of drug-likeness (QED) is 0.450. The lowest BCUT2D eigenvalue weighted by atomic mass is 9.72. The van der Waals surface area contributed by atoms with Crippen LogP contribution in [0.2, 0.25) is 0 Å². The highest BCUT2D eigenvalue weighted by Gasteiger charge is 2.45. The number of piperidine rings is 1. The summed E-state index contributed by atoms with van der Waals surface area (Å²) in [5, 5.41) is 20.2. The first-order chi connectivity index (χ1) is 15.6.